The van der Waals surface area contributed by atoms with Crippen LogP contribution in [0.15, 0.2) is 8.57 Å². The molecule has 1 aromatic rings. The summed E-state index contributed by atoms with van der Waals surface area (Å²) in [5.74, 6) is -0.0874. The van der Waals surface area contributed by atoms with Gasteiger partial charge in [0.15, 0.2) is 9.92 Å². The second kappa shape index (κ2) is 6.46. The first kappa shape index (κ1) is 20.0. The van der Waals surface area contributed by atoms with Crippen LogP contribution in [-0.4, -0.2) is 26.0 Å². The van der Waals surface area contributed by atoms with Crippen LogP contribution in [0.3, 0.4) is 0 Å². The lowest BCUT2D eigenvalue weighted by Crippen LogP contribution is -2.24. The maximum Gasteiger partial charge on any atom is 0.443 e. The number of amides is 1. The highest BCUT2D eigenvalue weighted by atomic mass is 32.2. The molecule has 0 radical (unpaired) electrons. The lowest BCUT2D eigenvalue weighted by atomic mass is 10.1. The average Bonchev–Trinajstić information content (AvgIpc) is 2.69. The Morgan fingerprint density at radius 1 is 1.35 bits per heavy atom. The van der Waals surface area contributed by atoms with Crippen LogP contribution in [0.4, 0.5) is 4.79 Å². The molecular weight excluding hydrogens is 338 g/mol. The maximum absolute atomic E-state index is 12.7. The zero-order chi connectivity index (χ0) is 18.2. The highest BCUT2D eigenvalue weighted by molar-refractivity contribution is 7.93. The lowest BCUT2D eigenvalue weighted by molar-refractivity contribution is 0.0607. The van der Waals surface area contributed by atoms with Crippen molar-refractivity contribution in [2.24, 2.45) is 9.50 Å². The molecule has 23 heavy (non-hydrogen) atoms. The zero-order valence-electron chi connectivity index (χ0n) is 14.5. The fourth-order valence-corrected chi connectivity index (χ4v) is 4.29. The van der Waals surface area contributed by atoms with Gasteiger partial charge in [-0.25, -0.2) is 19.1 Å². The van der Waals surface area contributed by atoms with Gasteiger partial charge in [-0.2, -0.15) is 0 Å². The van der Waals surface area contributed by atoms with Gasteiger partial charge in [-0.1, -0.05) is 13.8 Å². The van der Waals surface area contributed by atoms with E-state index in [9.17, 15) is 14.1 Å². The Labute approximate surface area is 141 Å². The number of nitrogens with zero attached hydrogens (tertiary/aromatic N) is 2. The minimum atomic E-state index is -3.50. The summed E-state index contributed by atoms with van der Waals surface area (Å²) in [7, 11) is -3.50. The Bertz CT molecular complexity index is 703. The fourth-order valence-electron chi connectivity index (χ4n) is 1.59. The largest absolute Gasteiger partial charge is 0.443 e. The zero-order valence-corrected chi connectivity index (χ0v) is 16.2. The van der Waals surface area contributed by atoms with Gasteiger partial charge in [-0.3, -0.25) is 0 Å². The highest BCUT2D eigenvalue weighted by Crippen LogP contribution is 2.34. The minimum absolute atomic E-state index is 0.0874. The molecule has 132 valence electrons. The molecule has 0 saturated carbocycles. The quantitative estimate of drug-likeness (QED) is 0.856. The molecule has 0 bridgehead atoms. The van der Waals surface area contributed by atoms with Gasteiger partial charge in [-0.15, -0.1) is 15.7 Å². The maximum atomic E-state index is 12.7. The summed E-state index contributed by atoms with van der Waals surface area (Å²) < 4.78 is 21.5. The van der Waals surface area contributed by atoms with E-state index in [0.717, 1.165) is 11.3 Å². The van der Waals surface area contributed by atoms with Gasteiger partial charge < -0.3 is 9.84 Å². The van der Waals surface area contributed by atoms with E-state index in [2.05, 4.69) is 9.35 Å². The molecule has 3 N–H and O–H groups in total. The van der Waals surface area contributed by atoms with Crippen molar-refractivity contribution in [1.29, 1.82) is 0 Å². The number of thiazole rings is 1. The molecule has 0 fully saturated rings. The van der Waals surface area contributed by atoms with Crippen LogP contribution in [0.25, 0.3) is 0 Å². The molecule has 1 aromatic heterocycles. The molecule has 0 aliphatic rings. The number of hydrogen-bond donors (Lipinski definition) is 2. The van der Waals surface area contributed by atoms with Crippen molar-refractivity contribution in [3.8, 4) is 0 Å². The predicted octanol–water partition coefficient (Wildman–Crippen LogP) is 3.13. The molecule has 0 aromatic carbocycles. The highest BCUT2D eigenvalue weighted by Gasteiger charge is 2.29. The van der Waals surface area contributed by atoms with Gasteiger partial charge >= 0.3 is 6.09 Å². The number of nitrogens with two attached hydrogens (primary N) is 1. The molecule has 9 heteroatoms. The number of rotatable bonds is 3. The first-order valence-corrected chi connectivity index (χ1v) is 9.54. The molecule has 1 amide bonds. The topological polar surface area (TPSA) is 115 Å². The van der Waals surface area contributed by atoms with Crippen LogP contribution in [-0.2, 0) is 20.3 Å². The number of carbonyl (C=O) groups is 1. The SMILES string of the molecule is CC(C)c1nc(C(C)(C)O)sc1S(N)(=O)=NC(=O)OC(C)(C)C. The van der Waals surface area contributed by atoms with Gasteiger partial charge in [0, 0.05) is 0 Å². The Balaban J connectivity index is 3.40. The summed E-state index contributed by atoms with van der Waals surface area (Å²) in [6.07, 6.45) is -0.988. The number of hydrogen-bond acceptors (Lipinski definition) is 6. The predicted molar refractivity (Wildman–Crippen MR) is 90.7 cm³/mol. The fraction of sp³-hybridized carbons (Fsp3) is 0.714. The van der Waals surface area contributed by atoms with Crippen LogP contribution in [0.1, 0.15) is 65.1 Å². The third-order valence-electron chi connectivity index (χ3n) is 2.56. The van der Waals surface area contributed by atoms with Crippen molar-refractivity contribution in [3.05, 3.63) is 10.7 Å². The summed E-state index contributed by atoms with van der Waals surface area (Å²) in [6.45, 7) is 11.9. The summed E-state index contributed by atoms with van der Waals surface area (Å²) in [5.41, 5.74) is -1.50. The first-order chi connectivity index (χ1) is 10.1. The first-order valence-electron chi connectivity index (χ1n) is 7.15. The van der Waals surface area contributed by atoms with Crippen molar-refractivity contribution in [1.82, 2.24) is 4.98 Å². The number of carbonyl (C=O) groups excluding carboxylic acids is 1. The van der Waals surface area contributed by atoms with Gasteiger partial charge in [0.05, 0.1) is 5.69 Å². The second-order valence-corrected chi connectivity index (χ2v) is 10.0. The van der Waals surface area contributed by atoms with Crippen molar-refractivity contribution in [2.45, 2.75) is 69.8 Å². The van der Waals surface area contributed by atoms with Crippen LogP contribution in [0, 0.1) is 0 Å². The van der Waals surface area contributed by atoms with E-state index in [1.165, 1.54) is 0 Å². The molecule has 0 spiro atoms. The Morgan fingerprint density at radius 2 is 1.87 bits per heavy atom. The molecule has 7 nitrogen and oxygen atoms in total. The Kier molecular flexibility index (Phi) is 5.62. The van der Waals surface area contributed by atoms with Crippen molar-refractivity contribution >= 4 is 27.3 Å². The monoisotopic (exact) mass is 363 g/mol. The van der Waals surface area contributed by atoms with E-state index in [4.69, 9.17) is 9.88 Å². The third kappa shape index (κ3) is 5.52. The molecule has 1 atom stereocenters. The van der Waals surface area contributed by atoms with E-state index in [-0.39, 0.29) is 10.1 Å². The normalized spacial score (nSPS) is 15.4. The molecular formula is C14H25N3O4S2. The van der Waals surface area contributed by atoms with Crippen LogP contribution < -0.4 is 5.14 Å². The molecule has 1 heterocycles. The van der Waals surface area contributed by atoms with Gasteiger partial charge in [0.2, 0.25) is 0 Å². The molecule has 0 aliphatic carbocycles. The smallest absolute Gasteiger partial charge is 0.442 e. The molecule has 1 rings (SSSR count). The van der Waals surface area contributed by atoms with E-state index < -0.39 is 27.2 Å². The van der Waals surface area contributed by atoms with E-state index >= 15 is 0 Å². The van der Waals surface area contributed by atoms with E-state index in [1.807, 2.05) is 13.8 Å². The van der Waals surface area contributed by atoms with Gasteiger partial charge in [-0.05, 0) is 40.5 Å². The number of aliphatic hydroxyl groups is 1. The summed E-state index contributed by atoms with van der Waals surface area (Å²) in [6, 6.07) is 0. The lowest BCUT2D eigenvalue weighted by Gasteiger charge is -2.17. The second-order valence-electron chi connectivity index (χ2n) is 7.05. The van der Waals surface area contributed by atoms with Crippen LogP contribution in [0.2, 0.25) is 0 Å². The molecule has 1 unspecified atom stereocenters. The minimum Gasteiger partial charge on any atom is -0.442 e. The molecule has 0 aliphatic heterocycles. The molecule has 0 saturated heterocycles. The van der Waals surface area contributed by atoms with Gasteiger partial charge in [0.1, 0.15) is 20.4 Å². The van der Waals surface area contributed by atoms with Crippen molar-refractivity contribution < 1.29 is 18.8 Å². The van der Waals surface area contributed by atoms with Crippen LogP contribution in [0.5, 0.6) is 0 Å². The van der Waals surface area contributed by atoms with Crippen molar-refractivity contribution in [2.75, 3.05) is 0 Å². The summed E-state index contributed by atoms with van der Waals surface area (Å²) in [4.78, 5) is 16.1. The third-order valence-corrected chi connectivity index (χ3v) is 5.87. The number of ether oxygens (including phenoxy) is 1. The van der Waals surface area contributed by atoms with E-state index in [1.54, 1.807) is 34.6 Å². The van der Waals surface area contributed by atoms with Crippen LogP contribution >= 0.6 is 11.3 Å². The van der Waals surface area contributed by atoms with Crippen molar-refractivity contribution in [3.63, 3.8) is 0 Å². The summed E-state index contributed by atoms with van der Waals surface area (Å²) >= 11 is 0.999. The summed E-state index contributed by atoms with van der Waals surface area (Å²) in [5, 5.41) is 16.3. The number of aromatic nitrogens is 1. The van der Waals surface area contributed by atoms with Gasteiger partial charge in [0.25, 0.3) is 0 Å². The van der Waals surface area contributed by atoms with E-state index in [0.29, 0.717) is 10.7 Å². The Hall–Kier alpha value is -1.03. The standard InChI is InChI=1S/C14H25N3O4S2/c1-8(2)9-10(22-11(16-9)14(6,7)19)23(15,20)17-12(18)21-13(3,4)5/h8,19H,1-7H3,(H2,15,17,18,20). The average molecular weight is 364 g/mol. The Morgan fingerprint density at radius 3 is 2.26 bits per heavy atom.